The fourth-order valence-corrected chi connectivity index (χ4v) is 2.65. The lowest BCUT2D eigenvalue weighted by atomic mass is 10.1. The van der Waals surface area contributed by atoms with Crippen LogP contribution in [0.1, 0.15) is 0 Å². The highest BCUT2D eigenvalue weighted by atomic mass is 32.1. The van der Waals surface area contributed by atoms with Gasteiger partial charge in [0.15, 0.2) is 5.69 Å². The van der Waals surface area contributed by atoms with Crippen molar-refractivity contribution >= 4 is 33.6 Å². The summed E-state index contributed by atoms with van der Waals surface area (Å²) in [6.07, 6.45) is 0. The van der Waals surface area contributed by atoms with E-state index >= 15 is 0 Å². The highest BCUT2D eigenvalue weighted by molar-refractivity contribution is 7.08. The topological polar surface area (TPSA) is 82.0 Å². The number of rotatable bonds is 2. The summed E-state index contributed by atoms with van der Waals surface area (Å²) in [6.45, 7) is 0. The van der Waals surface area contributed by atoms with Crippen LogP contribution >= 0.6 is 11.3 Å². The fraction of sp³-hybridized carbons (Fsp3) is 0. The molecule has 94 valence electrons. The van der Waals surface area contributed by atoms with Crippen LogP contribution in [-0.2, 0) is 0 Å². The maximum Gasteiger partial charge on any atom is 0.318 e. The molecule has 2 N–H and O–H groups in total. The second kappa shape index (κ2) is 4.33. The SMILES string of the molecule is Nc1c([N+](=O)[O-])c(-c2ccsc2)nc2ccccc12. The van der Waals surface area contributed by atoms with Gasteiger partial charge in [-0.2, -0.15) is 11.3 Å². The molecule has 19 heavy (non-hydrogen) atoms. The molecule has 2 aromatic heterocycles. The van der Waals surface area contributed by atoms with Gasteiger partial charge in [0.05, 0.1) is 10.4 Å². The van der Waals surface area contributed by atoms with E-state index in [1.165, 1.54) is 11.3 Å². The van der Waals surface area contributed by atoms with E-state index in [9.17, 15) is 10.1 Å². The van der Waals surface area contributed by atoms with Crippen LogP contribution < -0.4 is 5.73 Å². The Morgan fingerprint density at radius 2 is 2.05 bits per heavy atom. The molecule has 6 heteroatoms. The molecule has 3 aromatic rings. The molecular weight excluding hydrogens is 262 g/mol. The number of hydrogen-bond donors (Lipinski definition) is 1. The molecule has 1 aromatic carbocycles. The predicted octanol–water partition coefficient (Wildman–Crippen LogP) is 3.45. The van der Waals surface area contributed by atoms with Gasteiger partial charge in [-0.15, -0.1) is 0 Å². The summed E-state index contributed by atoms with van der Waals surface area (Å²) in [4.78, 5) is 15.2. The molecule has 0 unspecified atom stereocenters. The third-order valence-electron chi connectivity index (χ3n) is 2.88. The molecule has 3 rings (SSSR count). The Morgan fingerprint density at radius 1 is 1.26 bits per heavy atom. The number of para-hydroxylation sites is 1. The molecule has 0 aliphatic carbocycles. The van der Waals surface area contributed by atoms with Gasteiger partial charge in [0.2, 0.25) is 0 Å². The first-order valence-corrected chi connectivity index (χ1v) is 6.48. The van der Waals surface area contributed by atoms with Gasteiger partial charge in [-0.05, 0) is 17.5 Å². The van der Waals surface area contributed by atoms with Crippen molar-refractivity contribution in [3.63, 3.8) is 0 Å². The van der Waals surface area contributed by atoms with E-state index in [0.29, 0.717) is 22.2 Å². The van der Waals surface area contributed by atoms with Crippen molar-refractivity contribution in [1.29, 1.82) is 0 Å². The van der Waals surface area contributed by atoms with Crippen LogP contribution in [0.5, 0.6) is 0 Å². The van der Waals surface area contributed by atoms with Gasteiger partial charge in [0, 0.05) is 16.3 Å². The summed E-state index contributed by atoms with van der Waals surface area (Å²) in [7, 11) is 0. The normalized spacial score (nSPS) is 10.7. The van der Waals surface area contributed by atoms with Gasteiger partial charge in [0.25, 0.3) is 0 Å². The molecule has 0 fully saturated rings. The minimum Gasteiger partial charge on any atom is -0.393 e. The second-order valence-electron chi connectivity index (χ2n) is 4.01. The zero-order valence-corrected chi connectivity index (χ0v) is 10.6. The summed E-state index contributed by atoms with van der Waals surface area (Å²) in [5.74, 6) is 0. The first-order valence-electron chi connectivity index (χ1n) is 5.53. The molecule has 0 spiro atoms. The fourth-order valence-electron chi connectivity index (χ4n) is 2.01. The van der Waals surface area contributed by atoms with Crippen molar-refractivity contribution in [1.82, 2.24) is 4.98 Å². The maximum atomic E-state index is 11.3. The van der Waals surface area contributed by atoms with Gasteiger partial charge in [0.1, 0.15) is 5.69 Å². The van der Waals surface area contributed by atoms with Gasteiger partial charge < -0.3 is 5.73 Å². The van der Waals surface area contributed by atoms with Crippen molar-refractivity contribution in [3.8, 4) is 11.3 Å². The minimum atomic E-state index is -0.470. The van der Waals surface area contributed by atoms with Crippen molar-refractivity contribution in [2.24, 2.45) is 0 Å². The summed E-state index contributed by atoms with van der Waals surface area (Å²) in [5, 5.41) is 15.6. The van der Waals surface area contributed by atoms with Crippen LogP contribution in [0.4, 0.5) is 11.4 Å². The number of thiophene rings is 1. The lowest BCUT2D eigenvalue weighted by Gasteiger charge is -2.07. The van der Waals surface area contributed by atoms with Gasteiger partial charge in [-0.3, -0.25) is 10.1 Å². The number of nitro groups is 1. The van der Waals surface area contributed by atoms with Crippen LogP contribution in [0.15, 0.2) is 41.1 Å². The van der Waals surface area contributed by atoms with Gasteiger partial charge in [-0.25, -0.2) is 4.98 Å². The largest absolute Gasteiger partial charge is 0.393 e. The Balaban J connectivity index is 2.43. The third-order valence-corrected chi connectivity index (χ3v) is 3.57. The molecule has 0 aliphatic heterocycles. The van der Waals surface area contributed by atoms with Gasteiger partial charge >= 0.3 is 5.69 Å². The van der Waals surface area contributed by atoms with Crippen LogP contribution in [0.3, 0.4) is 0 Å². The molecule has 0 saturated carbocycles. The summed E-state index contributed by atoms with van der Waals surface area (Å²) in [6, 6.07) is 8.95. The minimum absolute atomic E-state index is 0.128. The Hall–Kier alpha value is -2.47. The molecule has 0 amide bonds. The molecule has 5 nitrogen and oxygen atoms in total. The van der Waals surface area contributed by atoms with E-state index in [4.69, 9.17) is 5.73 Å². The summed E-state index contributed by atoms with van der Waals surface area (Å²) in [5.41, 5.74) is 7.68. The quantitative estimate of drug-likeness (QED) is 0.571. The summed E-state index contributed by atoms with van der Waals surface area (Å²) >= 11 is 1.46. The van der Waals surface area contributed by atoms with Crippen molar-refractivity contribution in [3.05, 3.63) is 51.2 Å². The molecule has 0 saturated heterocycles. The van der Waals surface area contributed by atoms with Crippen molar-refractivity contribution < 1.29 is 4.92 Å². The second-order valence-corrected chi connectivity index (χ2v) is 4.79. The Labute approximate surface area is 112 Å². The van der Waals surface area contributed by atoms with Crippen molar-refractivity contribution in [2.75, 3.05) is 5.73 Å². The van der Waals surface area contributed by atoms with E-state index in [1.54, 1.807) is 24.3 Å². The molecule has 0 atom stereocenters. The standard InChI is InChI=1S/C13H9N3O2S/c14-11-9-3-1-2-4-10(9)15-12(13(11)16(17)18)8-5-6-19-7-8/h1-7H,(H2,14,15). The summed E-state index contributed by atoms with van der Waals surface area (Å²) < 4.78 is 0. The first-order chi connectivity index (χ1) is 9.18. The molecular formula is C13H9N3O2S. The Bertz CT molecular complexity index is 769. The molecule has 2 heterocycles. The number of benzene rings is 1. The van der Waals surface area contributed by atoms with Crippen LogP contribution in [0.2, 0.25) is 0 Å². The van der Waals surface area contributed by atoms with E-state index in [0.717, 1.165) is 0 Å². The zero-order valence-electron chi connectivity index (χ0n) is 9.74. The smallest absolute Gasteiger partial charge is 0.318 e. The first kappa shape index (κ1) is 11.6. The van der Waals surface area contributed by atoms with E-state index in [-0.39, 0.29) is 11.4 Å². The van der Waals surface area contributed by atoms with E-state index in [2.05, 4.69) is 4.98 Å². The van der Waals surface area contributed by atoms with Gasteiger partial charge in [-0.1, -0.05) is 18.2 Å². The van der Waals surface area contributed by atoms with Crippen LogP contribution in [-0.4, -0.2) is 9.91 Å². The molecule has 0 aliphatic rings. The number of fused-ring (bicyclic) bond motifs is 1. The number of aromatic nitrogens is 1. The highest BCUT2D eigenvalue weighted by Gasteiger charge is 2.23. The zero-order chi connectivity index (χ0) is 13.4. The number of nitrogens with zero attached hydrogens (tertiary/aromatic N) is 2. The predicted molar refractivity (Wildman–Crippen MR) is 76.1 cm³/mol. The van der Waals surface area contributed by atoms with Crippen molar-refractivity contribution in [2.45, 2.75) is 0 Å². The maximum absolute atomic E-state index is 11.3. The third kappa shape index (κ3) is 1.82. The molecule has 0 radical (unpaired) electrons. The monoisotopic (exact) mass is 271 g/mol. The Kier molecular flexibility index (Phi) is 2.64. The number of anilines is 1. The highest BCUT2D eigenvalue weighted by Crippen LogP contribution is 2.38. The van der Waals surface area contributed by atoms with Crippen LogP contribution in [0, 0.1) is 10.1 Å². The average Bonchev–Trinajstić information content (AvgIpc) is 2.92. The Morgan fingerprint density at radius 3 is 2.74 bits per heavy atom. The van der Waals surface area contributed by atoms with E-state index in [1.807, 2.05) is 16.8 Å². The van der Waals surface area contributed by atoms with Crippen LogP contribution in [0.25, 0.3) is 22.2 Å². The number of pyridine rings is 1. The average molecular weight is 271 g/mol. The molecule has 0 bridgehead atoms. The number of nitrogen functional groups attached to an aromatic ring is 1. The number of nitrogens with two attached hydrogens (primary N) is 1. The lowest BCUT2D eigenvalue weighted by Crippen LogP contribution is -2.01. The lowest BCUT2D eigenvalue weighted by molar-refractivity contribution is -0.383. The number of hydrogen-bond acceptors (Lipinski definition) is 5. The van der Waals surface area contributed by atoms with E-state index < -0.39 is 4.92 Å².